The number of carbonyl (C=O) groups is 1. The van der Waals surface area contributed by atoms with Crippen LogP contribution in [0.25, 0.3) is 10.9 Å². The SMILES string of the molecule is Cc1c(C(=O)NCCc2ccc(N3CCOCC3)cc2)[nH]c2ccc(Cl)cc12. The molecule has 0 spiro atoms. The maximum absolute atomic E-state index is 12.6. The van der Waals surface area contributed by atoms with Crippen LogP contribution in [-0.2, 0) is 11.2 Å². The molecule has 0 saturated carbocycles. The van der Waals surface area contributed by atoms with Gasteiger partial charge in [0.15, 0.2) is 0 Å². The monoisotopic (exact) mass is 397 g/mol. The summed E-state index contributed by atoms with van der Waals surface area (Å²) < 4.78 is 5.40. The van der Waals surface area contributed by atoms with Crippen molar-refractivity contribution in [2.24, 2.45) is 0 Å². The van der Waals surface area contributed by atoms with Crippen molar-refractivity contribution in [1.29, 1.82) is 0 Å². The Hall–Kier alpha value is -2.50. The number of aromatic nitrogens is 1. The van der Waals surface area contributed by atoms with Gasteiger partial charge in [0.25, 0.3) is 5.91 Å². The fourth-order valence-electron chi connectivity index (χ4n) is 3.63. The van der Waals surface area contributed by atoms with Gasteiger partial charge < -0.3 is 19.9 Å². The smallest absolute Gasteiger partial charge is 0.268 e. The van der Waals surface area contributed by atoms with Crippen LogP contribution in [0, 0.1) is 6.92 Å². The van der Waals surface area contributed by atoms with Crippen molar-refractivity contribution in [2.75, 3.05) is 37.7 Å². The molecule has 5 nitrogen and oxygen atoms in total. The number of ether oxygens (including phenoxy) is 1. The predicted octanol–water partition coefficient (Wildman–Crippen LogP) is 3.94. The van der Waals surface area contributed by atoms with E-state index in [0.717, 1.165) is 49.2 Å². The van der Waals surface area contributed by atoms with Gasteiger partial charge in [-0.15, -0.1) is 0 Å². The van der Waals surface area contributed by atoms with Gasteiger partial charge in [-0.2, -0.15) is 0 Å². The molecule has 1 saturated heterocycles. The summed E-state index contributed by atoms with van der Waals surface area (Å²) in [6, 6.07) is 14.2. The van der Waals surface area contributed by atoms with E-state index >= 15 is 0 Å². The van der Waals surface area contributed by atoms with Crippen molar-refractivity contribution in [2.45, 2.75) is 13.3 Å². The number of hydrogen-bond acceptors (Lipinski definition) is 3. The molecule has 0 atom stereocenters. The van der Waals surface area contributed by atoms with Gasteiger partial charge in [-0.05, 0) is 54.8 Å². The van der Waals surface area contributed by atoms with Crippen LogP contribution < -0.4 is 10.2 Å². The van der Waals surface area contributed by atoms with Gasteiger partial charge in [0, 0.05) is 41.2 Å². The summed E-state index contributed by atoms with van der Waals surface area (Å²) in [5, 5.41) is 4.66. The molecule has 1 aliphatic heterocycles. The van der Waals surface area contributed by atoms with Gasteiger partial charge in [-0.1, -0.05) is 23.7 Å². The van der Waals surface area contributed by atoms with Gasteiger partial charge in [-0.25, -0.2) is 0 Å². The first kappa shape index (κ1) is 18.8. The van der Waals surface area contributed by atoms with Crippen molar-refractivity contribution in [3.63, 3.8) is 0 Å². The Bertz CT molecular complexity index is 975. The van der Waals surface area contributed by atoms with Crippen molar-refractivity contribution >= 4 is 34.1 Å². The van der Waals surface area contributed by atoms with E-state index in [2.05, 4.69) is 39.5 Å². The van der Waals surface area contributed by atoms with Crippen LogP contribution in [0.3, 0.4) is 0 Å². The summed E-state index contributed by atoms with van der Waals surface area (Å²) in [4.78, 5) is 18.1. The van der Waals surface area contributed by atoms with E-state index in [9.17, 15) is 4.79 Å². The fraction of sp³-hybridized carbons (Fsp3) is 0.318. The Balaban J connectivity index is 1.34. The van der Waals surface area contributed by atoms with Gasteiger partial charge in [-0.3, -0.25) is 4.79 Å². The normalized spacial score (nSPS) is 14.4. The number of H-pyrrole nitrogens is 1. The number of anilines is 1. The number of nitrogens with zero attached hydrogens (tertiary/aromatic N) is 1. The number of aromatic amines is 1. The minimum Gasteiger partial charge on any atom is -0.378 e. The van der Waals surface area contributed by atoms with Crippen LogP contribution in [0.5, 0.6) is 0 Å². The molecule has 3 aromatic rings. The minimum absolute atomic E-state index is 0.0882. The van der Waals surface area contributed by atoms with Crippen LogP contribution in [0.4, 0.5) is 5.69 Å². The number of benzene rings is 2. The molecule has 28 heavy (non-hydrogen) atoms. The summed E-state index contributed by atoms with van der Waals surface area (Å²) in [6.45, 7) is 5.97. The Labute approximate surface area is 169 Å². The van der Waals surface area contributed by atoms with Crippen LogP contribution in [-0.4, -0.2) is 43.7 Å². The van der Waals surface area contributed by atoms with Crippen LogP contribution >= 0.6 is 11.6 Å². The standard InChI is InChI=1S/C22H24ClN3O2/c1-15-19-14-17(23)4-7-20(19)25-21(15)22(27)24-9-8-16-2-5-18(6-3-16)26-10-12-28-13-11-26/h2-7,14,25H,8-13H2,1H3,(H,24,27). The number of morpholine rings is 1. The lowest BCUT2D eigenvalue weighted by molar-refractivity contribution is 0.0949. The lowest BCUT2D eigenvalue weighted by atomic mass is 10.1. The highest BCUT2D eigenvalue weighted by molar-refractivity contribution is 6.31. The second-order valence-electron chi connectivity index (χ2n) is 7.09. The molecule has 1 aliphatic rings. The Kier molecular flexibility index (Phi) is 5.55. The average molecular weight is 398 g/mol. The molecule has 146 valence electrons. The van der Waals surface area contributed by atoms with Gasteiger partial charge >= 0.3 is 0 Å². The minimum atomic E-state index is -0.0882. The highest BCUT2D eigenvalue weighted by atomic mass is 35.5. The second-order valence-corrected chi connectivity index (χ2v) is 7.52. The number of fused-ring (bicyclic) bond motifs is 1. The zero-order chi connectivity index (χ0) is 19.5. The number of amides is 1. The Morgan fingerprint density at radius 3 is 2.68 bits per heavy atom. The van der Waals surface area contributed by atoms with Crippen molar-refractivity contribution in [3.8, 4) is 0 Å². The van der Waals surface area contributed by atoms with E-state index in [0.29, 0.717) is 17.3 Å². The number of carbonyl (C=O) groups excluding carboxylic acids is 1. The third-order valence-electron chi connectivity index (χ3n) is 5.26. The number of aryl methyl sites for hydroxylation is 1. The second kappa shape index (κ2) is 8.25. The zero-order valence-corrected chi connectivity index (χ0v) is 16.7. The van der Waals surface area contributed by atoms with E-state index in [1.54, 1.807) is 0 Å². The molecule has 2 N–H and O–H groups in total. The van der Waals surface area contributed by atoms with E-state index in [4.69, 9.17) is 16.3 Å². The zero-order valence-electron chi connectivity index (χ0n) is 15.9. The number of hydrogen-bond donors (Lipinski definition) is 2. The first-order chi connectivity index (χ1) is 13.6. The molecule has 2 heterocycles. The van der Waals surface area contributed by atoms with E-state index < -0.39 is 0 Å². The van der Waals surface area contributed by atoms with Gasteiger partial charge in [0.1, 0.15) is 5.69 Å². The Morgan fingerprint density at radius 1 is 1.18 bits per heavy atom. The molecule has 0 unspecified atom stereocenters. The maximum atomic E-state index is 12.6. The molecule has 4 rings (SSSR count). The largest absolute Gasteiger partial charge is 0.378 e. The van der Waals surface area contributed by atoms with E-state index in [1.807, 2.05) is 25.1 Å². The highest BCUT2D eigenvalue weighted by Crippen LogP contribution is 2.25. The molecular weight excluding hydrogens is 374 g/mol. The third kappa shape index (κ3) is 4.01. The topological polar surface area (TPSA) is 57.4 Å². The number of nitrogens with one attached hydrogen (secondary N) is 2. The van der Waals surface area contributed by atoms with E-state index in [-0.39, 0.29) is 5.91 Å². The molecule has 2 aromatic carbocycles. The summed E-state index contributed by atoms with van der Waals surface area (Å²) >= 11 is 6.07. The molecular formula is C22H24ClN3O2. The molecule has 0 bridgehead atoms. The summed E-state index contributed by atoms with van der Waals surface area (Å²) in [5.74, 6) is -0.0882. The molecule has 1 aromatic heterocycles. The molecule has 1 amide bonds. The quantitative estimate of drug-likeness (QED) is 0.685. The third-order valence-corrected chi connectivity index (χ3v) is 5.49. The van der Waals surface area contributed by atoms with Crippen LogP contribution in [0.1, 0.15) is 21.6 Å². The van der Waals surface area contributed by atoms with Crippen molar-refractivity contribution < 1.29 is 9.53 Å². The van der Waals surface area contributed by atoms with Crippen LogP contribution in [0.2, 0.25) is 5.02 Å². The first-order valence-electron chi connectivity index (χ1n) is 9.59. The van der Waals surface area contributed by atoms with Gasteiger partial charge in [0.2, 0.25) is 0 Å². The fourth-order valence-corrected chi connectivity index (χ4v) is 3.80. The molecule has 0 aliphatic carbocycles. The first-order valence-corrected chi connectivity index (χ1v) is 9.97. The number of rotatable bonds is 5. The summed E-state index contributed by atoms with van der Waals surface area (Å²) in [7, 11) is 0. The number of halogens is 1. The van der Waals surface area contributed by atoms with Crippen molar-refractivity contribution in [1.82, 2.24) is 10.3 Å². The molecule has 6 heteroatoms. The molecule has 1 fully saturated rings. The Morgan fingerprint density at radius 2 is 1.93 bits per heavy atom. The van der Waals surface area contributed by atoms with E-state index in [1.165, 1.54) is 11.3 Å². The van der Waals surface area contributed by atoms with Gasteiger partial charge in [0.05, 0.1) is 13.2 Å². The van der Waals surface area contributed by atoms with Crippen LogP contribution in [0.15, 0.2) is 42.5 Å². The predicted molar refractivity (Wildman–Crippen MR) is 114 cm³/mol. The summed E-state index contributed by atoms with van der Waals surface area (Å²) in [5.41, 5.74) is 4.87. The maximum Gasteiger partial charge on any atom is 0.268 e. The summed E-state index contributed by atoms with van der Waals surface area (Å²) in [6.07, 6.45) is 0.792. The average Bonchev–Trinajstić information content (AvgIpc) is 3.05. The van der Waals surface area contributed by atoms with Crippen molar-refractivity contribution in [3.05, 3.63) is 64.3 Å². The molecule has 0 radical (unpaired) electrons. The highest BCUT2D eigenvalue weighted by Gasteiger charge is 2.15. The lowest BCUT2D eigenvalue weighted by Gasteiger charge is -2.28. The lowest BCUT2D eigenvalue weighted by Crippen LogP contribution is -2.36.